The average Bonchev–Trinajstić information content (AvgIpc) is 2.78. The lowest BCUT2D eigenvalue weighted by atomic mass is 10.1. The van der Waals surface area contributed by atoms with Crippen LogP contribution >= 0.6 is 0 Å². The van der Waals surface area contributed by atoms with Crippen molar-refractivity contribution in [2.45, 2.75) is 32.0 Å². The molecule has 0 radical (unpaired) electrons. The molecule has 2 unspecified atom stereocenters. The van der Waals surface area contributed by atoms with E-state index in [1.54, 1.807) is 6.20 Å². The Bertz CT molecular complexity index is 321. The van der Waals surface area contributed by atoms with E-state index in [2.05, 4.69) is 16.5 Å². The number of ether oxygens (including phenoxy) is 2. The Hall–Kier alpha value is -0.910. The smallest absolute Gasteiger partial charge is 0.128 e. The summed E-state index contributed by atoms with van der Waals surface area (Å²) in [6.07, 6.45) is 4.74. The Morgan fingerprint density at radius 3 is 3.19 bits per heavy atom. The van der Waals surface area contributed by atoms with E-state index in [1.165, 1.54) is 0 Å². The number of nitrogens with zero attached hydrogens (tertiary/aromatic N) is 2. The van der Waals surface area contributed by atoms with Gasteiger partial charge in [-0.1, -0.05) is 6.92 Å². The van der Waals surface area contributed by atoms with Crippen molar-refractivity contribution in [3.8, 4) is 0 Å². The van der Waals surface area contributed by atoms with Crippen molar-refractivity contribution in [1.82, 2.24) is 9.55 Å². The van der Waals surface area contributed by atoms with Crippen LogP contribution in [0.1, 0.15) is 25.2 Å². The van der Waals surface area contributed by atoms with Gasteiger partial charge in [0.25, 0.3) is 0 Å². The molecule has 2 rings (SSSR count). The van der Waals surface area contributed by atoms with Gasteiger partial charge in [0.15, 0.2) is 0 Å². The Morgan fingerprint density at radius 2 is 2.50 bits per heavy atom. The van der Waals surface area contributed by atoms with Gasteiger partial charge in [0, 0.05) is 18.9 Å². The highest BCUT2D eigenvalue weighted by Gasteiger charge is 2.26. The summed E-state index contributed by atoms with van der Waals surface area (Å²) in [5.41, 5.74) is 6.16. The maximum Gasteiger partial charge on any atom is 0.128 e. The number of imidazole rings is 1. The van der Waals surface area contributed by atoms with Crippen LogP contribution in [0.4, 0.5) is 0 Å². The first-order chi connectivity index (χ1) is 7.83. The molecule has 0 amide bonds. The van der Waals surface area contributed by atoms with E-state index in [4.69, 9.17) is 15.2 Å². The fraction of sp³-hybridized carbons (Fsp3) is 0.727. The van der Waals surface area contributed by atoms with Crippen LogP contribution < -0.4 is 5.73 Å². The van der Waals surface area contributed by atoms with Crippen LogP contribution in [0.15, 0.2) is 12.4 Å². The zero-order valence-electron chi connectivity index (χ0n) is 9.63. The van der Waals surface area contributed by atoms with Crippen LogP contribution in [-0.2, 0) is 16.0 Å². The summed E-state index contributed by atoms with van der Waals surface area (Å²) in [5, 5.41) is 0. The molecule has 0 saturated carbocycles. The molecule has 16 heavy (non-hydrogen) atoms. The van der Waals surface area contributed by atoms with Crippen molar-refractivity contribution in [2.24, 2.45) is 5.73 Å². The summed E-state index contributed by atoms with van der Waals surface area (Å²) in [4.78, 5) is 4.31. The molecule has 0 spiro atoms. The van der Waals surface area contributed by atoms with Crippen molar-refractivity contribution < 1.29 is 9.47 Å². The van der Waals surface area contributed by atoms with Crippen LogP contribution in [0.2, 0.25) is 0 Å². The summed E-state index contributed by atoms with van der Waals surface area (Å²) in [6, 6.07) is -0.207. The molecule has 1 aliphatic rings. The first-order valence-electron chi connectivity index (χ1n) is 5.79. The van der Waals surface area contributed by atoms with Crippen LogP contribution in [0.5, 0.6) is 0 Å². The first kappa shape index (κ1) is 11.6. The number of aryl methyl sites for hydroxylation is 1. The molecular formula is C11H19N3O2. The maximum absolute atomic E-state index is 6.16. The molecule has 2 N–H and O–H groups in total. The molecule has 1 saturated heterocycles. The number of aromatic nitrogens is 2. The predicted octanol–water partition coefficient (Wildman–Crippen LogP) is 0.708. The van der Waals surface area contributed by atoms with E-state index in [0.29, 0.717) is 19.8 Å². The fourth-order valence-corrected chi connectivity index (χ4v) is 1.93. The molecule has 2 atom stereocenters. The number of nitrogens with two attached hydrogens (primary N) is 1. The van der Waals surface area contributed by atoms with Gasteiger partial charge in [-0.25, -0.2) is 4.98 Å². The number of rotatable bonds is 4. The van der Waals surface area contributed by atoms with E-state index in [0.717, 1.165) is 18.8 Å². The van der Waals surface area contributed by atoms with E-state index in [1.807, 2.05) is 6.20 Å². The third-order valence-corrected chi connectivity index (χ3v) is 2.75. The fourth-order valence-electron chi connectivity index (χ4n) is 1.93. The van der Waals surface area contributed by atoms with Gasteiger partial charge in [0.2, 0.25) is 0 Å². The lowest BCUT2D eigenvalue weighted by molar-refractivity contribution is -0.0987. The van der Waals surface area contributed by atoms with E-state index < -0.39 is 0 Å². The number of hydrogen-bond acceptors (Lipinski definition) is 4. The highest BCUT2D eigenvalue weighted by atomic mass is 16.6. The third kappa shape index (κ3) is 2.42. The van der Waals surface area contributed by atoms with Gasteiger partial charge in [0.05, 0.1) is 25.9 Å². The topological polar surface area (TPSA) is 62.3 Å². The molecule has 1 aliphatic heterocycles. The van der Waals surface area contributed by atoms with Gasteiger partial charge in [-0.05, 0) is 6.42 Å². The first-order valence-corrected chi connectivity index (χ1v) is 5.79. The van der Waals surface area contributed by atoms with Crippen molar-refractivity contribution >= 4 is 0 Å². The van der Waals surface area contributed by atoms with Gasteiger partial charge in [0.1, 0.15) is 11.9 Å². The van der Waals surface area contributed by atoms with Gasteiger partial charge in [-0.3, -0.25) is 0 Å². The summed E-state index contributed by atoms with van der Waals surface area (Å²) >= 11 is 0. The van der Waals surface area contributed by atoms with Gasteiger partial charge >= 0.3 is 0 Å². The molecule has 1 aromatic heterocycles. The summed E-state index contributed by atoms with van der Waals surface area (Å²) in [7, 11) is 0. The molecular weight excluding hydrogens is 206 g/mol. The Labute approximate surface area is 95.6 Å². The molecule has 0 bridgehead atoms. The Morgan fingerprint density at radius 1 is 1.62 bits per heavy atom. The molecule has 1 aromatic rings. The normalized spacial score (nSPS) is 23.2. The SMILES string of the molecule is CCCn1ccnc1C(N)C1COCCO1. The van der Waals surface area contributed by atoms with Crippen LogP contribution in [0, 0.1) is 0 Å². The quantitative estimate of drug-likeness (QED) is 0.819. The van der Waals surface area contributed by atoms with Crippen molar-refractivity contribution in [3.63, 3.8) is 0 Å². The lowest BCUT2D eigenvalue weighted by Gasteiger charge is -2.27. The van der Waals surface area contributed by atoms with Crippen molar-refractivity contribution in [2.75, 3.05) is 19.8 Å². The zero-order valence-corrected chi connectivity index (χ0v) is 9.63. The second kappa shape index (κ2) is 5.43. The van der Waals surface area contributed by atoms with Crippen molar-refractivity contribution in [3.05, 3.63) is 18.2 Å². The van der Waals surface area contributed by atoms with Gasteiger partial charge in [-0.2, -0.15) is 0 Å². The van der Waals surface area contributed by atoms with Crippen LogP contribution in [0.25, 0.3) is 0 Å². The molecule has 5 nitrogen and oxygen atoms in total. The number of hydrogen-bond donors (Lipinski definition) is 1. The molecule has 1 fully saturated rings. The van der Waals surface area contributed by atoms with Crippen molar-refractivity contribution in [1.29, 1.82) is 0 Å². The molecule has 5 heteroatoms. The second-order valence-corrected chi connectivity index (χ2v) is 3.99. The summed E-state index contributed by atoms with van der Waals surface area (Å²) < 4.78 is 13.0. The molecule has 0 aromatic carbocycles. The standard InChI is InChI=1S/C11H19N3O2/c1-2-4-14-5-3-13-11(14)10(12)9-8-15-6-7-16-9/h3,5,9-10H,2,4,6-8,12H2,1H3. The Balaban J connectivity index is 2.06. The average molecular weight is 225 g/mol. The monoisotopic (exact) mass is 225 g/mol. The lowest BCUT2D eigenvalue weighted by Crippen LogP contribution is -2.39. The minimum Gasteiger partial charge on any atom is -0.376 e. The van der Waals surface area contributed by atoms with E-state index >= 15 is 0 Å². The van der Waals surface area contributed by atoms with E-state index in [9.17, 15) is 0 Å². The third-order valence-electron chi connectivity index (χ3n) is 2.75. The molecule has 2 heterocycles. The summed E-state index contributed by atoms with van der Waals surface area (Å²) in [6.45, 7) is 4.91. The second-order valence-electron chi connectivity index (χ2n) is 3.99. The predicted molar refractivity (Wildman–Crippen MR) is 60.0 cm³/mol. The molecule has 90 valence electrons. The summed E-state index contributed by atoms with van der Waals surface area (Å²) in [5.74, 6) is 0.886. The van der Waals surface area contributed by atoms with Crippen LogP contribution in [0.3, 0.4) is 0 Å². The van der Waals surface area contributed by atoms with E-state index in [-0.39, 0.29) is 12.1 Å². The van der Waals surface area contributed by atoms with Gasteiger partial charge < -0.3 is 19.8 Å². The largest absolute Gasteiger partial charge is 0.376 e. The van der Waals surface area contributed by atoms with Crippen LogP contribution in [-0.4, -0.2) is 35.5 Å². The maximum atomic E-state index is 6.16. The Kier molecular flexibility index (Phi) is 3.93. The minimum absolute atomic E-state index is 0.0771. The van der Waals surface area contributed by atoms with Gasteiger partial charge in [-0.15, -0.1) is 0 Å². The highest BCUT2D eigenvalue weighted by molar-refractivity contribution is 5.01. The molecule has 0 aliphatic carbocycles. The minimum atomic E-state index is -0.207. The highest BCUT2D eigenvalue weighted by Crippen LogP contribution is 2.18. The zero-order chi connectivity index (χ0) is 11.4.